The predicted octanol–water partition coefficient (Wildman–Crippen LogP) is 3.25. The summed E-state index contributed by atoms with van der Waals surface area (Å²) in [5.41, 5.74) is 2.01. The van der Waals surface area contributed by atoms with E-state index in [4.69, 9.17) is 6.11 Å². The fourth-order valence-corrected chi connectivity index (χ4v) is 2.10. The van der Waals surface area contributed by atoms with Gasteiger partial charge in [0.05, 0.1) is 25.3 Å². The molecule has 0 radical (unpaired) electrons. The summed E-state index contributed by atoms with van der Waals surface area (Å²) in [6, 6.07) is 12.2. The van der Waals surface area contributed by atoms with E-state index in [0.717, 1.165) is 27.8 Å². The number of ether oxygens (including phenoxy) is 1. The molecule has 0 aliphatic carbocycles. The van der Waals surface area contributed by atoms with Crippen LogP contribution in [0.2, 0.25) is 0 Å². The van der Waals surface area contributed by atoms with Crippen molar-refractivity contribution in [2.75, 3.05) is 7.11 Å². The molecule has 3 nitrogen and oxygen atoms in total. The van der Waals surface area contributed by atoms with Crippen LogP contribution in [0, 0.1) is 0 Å². The van der Waals surface area contributed by atoms with Crippen molar-refractivity contribution >= 4 is 10.8 Å². The molecule has 0 amide bonds. The number of benzene rings is 2. The summed E-state index contributed by atoms with van der Waals surface area (Å²) < 4.78 is 14.6. The molecule has 0 atom stereocenters. The Labute approximate surface area is 107 Å². The molecule has 3 rings (SSSR count). The SMILES string of the molecule is [2H]c1ncc(-c2ccc3cc(OC)ccc3c2)n1C. The fourth-order valence-electron chi connectivity index (χ4n) is 2.10. The molecule has 1 heterocycles. The zero-order chi connectivity index (χ0) is 13.4. The summed E-state index contributed by atoms with van der Waals surface area (Å²) in [5, 5.41) is 2.28. The van der Waals surface area contributed by atoms with Crippen molar-refractivity contribution in [3.63, 3.8) is 0 Å². The zero-order valence-corrected chi connectivity index (χ0v) is 10.3. The van der Waals surface area contributed by atoms with Crippen LogP contribution in [-0.4, -0.2) is 16.7 Å². The first-order valence-electron chi connectivity index (χ1n) is 6.25. The zero-order valence-electron chi connectivity index (χ0n) is 11.3. The Morgan fingerprint density at radius 3 is 2.67 bits per heavy atom. The van der Waals surface area contributed by atoms with Gasteiger partial charge in [0.1, 0.15) is 7.12 Å². The first-order valence-corrected chi connectivity index (χ1v) is 5.75. The van der Waals surface area contributed by atoms with Crippen molar-refractivity contribution in [3.8, 4) is 17.0 Å². The molecular weight excluding hydrogens is 224 g/mol. The molecule has 90 valence electrons. The second-order valence-corrected chi connectivity index (χ2v) is 4.23. The molecule has 3 aromatic rings. The second-order valence-electron chi connectivity index (χ2n) is 4.23. The van der Waals surface area contributed by atoms with Crippen LogP contribution >= 0.6 is 0 Å². The third-order valence-corrected chi connectivity index (χ3v) is 3.10. The monoisotopic (exact) mass is 239 g/mol. The lowest BCUT2D eigenvalue weighted by Crippen LogP contribution is -1.89. The van der Waals surface area contributed by atoms with Gasteiger partial charge in [-0.25, -0.2) is 4.98 Å². The van der Waals surface area contributed by atoms with E-state index in [9.17, 15) is 0 Å². The lowest BCUT2D eigenvalue weighted by molar-refractivity contribution is 0.415. The van der Waals surface area contributed by atoms with E-state index in [0.29, 0.717) is 0 Å². The van der Waals surface area contributed by atoms with E-state index < -0.39 is 0 Å². The smallest absolute Gasteiger partial charge is 0.119 e. The van der Waals surface area contributed by atoms with Gasteiger partial charge in [0.25, 0.3) is 0 Å². The van der Waals surface area contributed by atoms with E-state index in [1.807, 2.05) is 31.3 Å². The molecule has 0 unspecified atom stereocenters. The normalized spacial score (nSPS) is 11.6. The van der Waals surface area contributed by atoms with E-state index in [2.05, 4.69) is 17.1 Å². The molecule has 0 aliphatic heterocycles. The van der Waals surface area contributed by atoms with Crippen LogP contribution in [-0.2, 0) is 7.05 Å². The van der Waals surface area contributed by atoms with Crippen molar-refractivity contribution in [3.05, 3.63) is 48.9 Å². The fraction of sp³-hybridized carbons (Fsp3) is 0.133. The molecule has 18 heavy (non-hydrogen) atoms. The van der Waals surface area contributed by atoms with E-state index in [1.165, 1.54) is 0 Å². The van der Waals surface area contributed by atoms with E-state index in [1.54, 1.807) is 17.9 Å². The lowest BCUT2D eigenvalue weighted by atomic mass is 10.1. The van der Waals surface area contributed by atoms with Gasteiger partial charge in [-0.3, -0.25) is 0 Å². The van der Waals surface area contributed by atoms with E-state index >= 15 is 0 Å². The number of nitrogens with zero attached hydrogens (tertiary/aromatic N) is 2. The summed E-state index contributed by atoms with van der Waals surface area (Å²) in [6.07, 6.45) is 2.00. The minimum Gasteiger partial charge on any atom is -0.497 e. The highest BCUT2D eigenvalue weighted by atomic mass is 16.5. The molecule has 0 saturated carbocycles. The highest BCUT2D eigenvalue weighted by molar-refractivity contribution is 5.87. The Bertz CT molecular complexity index is 749. The van der Waals surface area contributed by atoms with Crippen molar-refractivity contribution in [2.24, 2.45) is 7.05 Å². The number of fused-ring (bicyclic) bond motifs is 1. The molecule has 0 saturated heterocycles. The summed E-state index contributed by atoms with van der Waals surface area (Å²) in [7, 11) is 3.52. The molecule has 2 aromatic carbocycles. The highest BCUT2D eigenvalue weighted by Gasteiger charge is 2.04. The maximum Gasteiger partial charge on any atom is 0.119 e. The molecule has 0 aliphatic rings. The minimum atomic E-state index is 0.268. The maximum absolute atomic E-state index is 7.64. The van der Waals surface area contributed by atoms with Gasteiger partial charge < -0.3 is 9.30 Å². The van der Waals surface area contributed by atoms with Crippen LogP contribution in [0.15, 0.2) is 48.9 Å². The Kier molecular flexibility index (Phi) is 2.26. The van der Waals surface area contributed by atoms with Crippen LogP contribution < -0.4 is 4.74 Å². The van der Waals surface area contributed by atoms with Crippen LogP contribution in [0.5, 0.6) is 5.75 Å². The second kappa shape index (κ2) is 4.18. The van der Waals surface area contributed by atoms with Crippen LogP contribution in [0.4, 0.5) is 0 Å². The number of imidazole rings is 1. The van der Waals surface area contributed by atoms with Crippen molar-refractivity contribution in [1.29, 1.82) is 0 Å². The Balaban J connectivity index is 2.14. The topological polar surface area (TPSA) is 27.1 Å². The largest absolute Gasteiger partial charge is 0.497 e. The van der Waals surface area contributed by atoms with Crippen molar-refractivity contribution in [1.82, 2.24) is 9.55 Å². The van der Waals surface area contributed by atoms with Crippen LogP contribution in [0.3, 0.4) is 0 Å². The van der Waals surface area contributed by atoms with Crippen LogP contribution in [0.1, 0.15) is 1.37 Å². The van der Waals surface area contributed by atoms with Gasteiger partial charge in [-0.2, -0.15) is 0 Å². The third kappa shape index (κ3) is 1.74. The molecule has 0 fully saturated rings. The Hall–Kier alpha value is -2.29. The summed E-state index contributed by atoms with van der Waals surface area (Å²) in [6.45, 7) is 0. The average molecular weight is 239 g/mol. The van der Waals surface area contributed by atoms with Crippen molar-refractivity contribution in [2.45, 2.75) is 0 Å². The van der Waals surface area contributed by atoms with E-state index in [-0.39, 0.29) is 6.30 Å². The van der Waals surface area contributed by atoms with Crippen LogP contribution in [0.25, 0.3) is 22.0 Å². The highest BCUT2D eigenvalue weighted by Crippen LogP contribution is 2.26. The quantitative estimate of drug-likeness (QED) is 0.686. The van der Waals surface area contributed by atoms with Gasteiger partial charge in [0, 0.05) is 12.6 Å². The van der Waals surface area contributed by atoms with Gasteiger partial charge in [0.2, 0.25) is 0 Å². The average Bonchev–Trinajstić information content (AvgIpc) is 2.78. The summed E-state index contributed by atoms with van der Waals surface area (Å²) in [4.78, 5) is 4.01. The first-order chi connectivity index (χ1) is 9.19. The Morgan fingerprint density at radius 2 is 1.94 bits per heavy atom. The van der Waals surface area contributed by atoms with Gasteiger partial charge in [-0.1, -0.05) is 18.2 Å². The summed E-state index contributed by atoms with van der Waals surface area (Å²) >= 11 is 0. The van der Waals surface area contributed by atoms with Gasteiger partial charge in [-0.15, -0.1) is 0 Å². The standard InChI is InChI=1S/C15H14N2O/c1-17-10-16-9-15(17)13-4-3-12-8-14(18-2)6-5-11(12)7-13/h3-10H,1-2H3/i10D. The van der Waals surface area contributed by atoms with Gasteiger partial charge >= 0.3 is 0 Å². The number of aromatic nitrogens is 2. The molecule has 3 heteroatoms. The molecule has 0 spiro atoms. The van der Waals surface area contributed by atoms with Crippen molar-refractivity contribution < 1.29 is 6.11 Å². The maximum atomic E-state index is 7.64. The van der Waals surface area contributed by atoms with Gasteiger partial charge in [0.15, 0.2) is 0 Å². The van der Waals surface area contributed by atoms with Gasteiger partial charge in [-0.05, 0) is 29.0 Å². The Morgan fingerprint density at radius 1 is 1.17 bits per heavy atom. The number of rotatable bonds is 2. The minimum absolute atomic E-state index is 0.268. The lowest BCUT2D eigenvalue weighted by Gasteiger charge is -2.06. The molecular formula is C15H14N2O. The molecule has 0 bridgehead atoms. The summed E-state index contributed by atoms with van der Waals surface area (Å²) in [5.74, 6) is 0.856. The molecule has 1 aromatic heterocycles. The number of hydrogen-bond acceptors (Lipinski definition) is 2. The first kappa shape index (κ1) is 9.71. The third-order valence-electron chi connectivity index (χ3n) is 3.10. The number of hydrogen-bond donors (Lipinski definition) is 0. The number of methoxy groups -OCH3 is 1. The predicted molar refractivity (Wildman–Crippen MR) is 72.7 cm³/mol. The molecule has 0 N–H and O–H groups in total.